The number of fused-ring (bicyclic) bond motifs is 3. The fourth-order valence-electron chi connectivity index (χ4n) is 3.66. The van der Waals surface area contributed by atoms with Gasteiger partial charge in [-0.25, -0.2) is 4.98 Å². The molecular formula is C20H23N5O2S2. The van der Waals surface area contributed by atoms with Gasteiger partial charge in [-0.2, -0.15) is 5.10 Å². The number of anilines is 1. The van der Waals surface area contributed by atoms with Gasteiger partial charge in [-0.05, 0) is 38.2 Å². The summed E-state index contributed by atoms with van der Waals surface area (Å²) >= 11 is 2.89. The van der Waals surface area contributed by atoms with Crippen LogP contribution in [0.25, 0.3) is 10.2 Å². The third-order valence-electron chi connectivity index (χ3n) is 4.95. The molecule has 3 aromatic rings. The van der Waals surface area contributed by atoms with E-state index in [0.717, 1.165) is 41.6 Å². The number of rotatable bonds is 6. The number of carbonyl (C=O) groups is 1. The summed E-state index contributed by atoms with van der Waals surface area (Å²) in [4.78, 5) is 32.5. The van der Waals surface area contributed by atoms with E-state index in [1.165, 1.54) is 22.2 Å². The topological polar surface area (TPSA) is 81.8 Å². The van der Waals surface area contributed by atoms with E-state index in [1.54, 1.807) is 33.7 Å². The Morgan fingerprint density at radius 1 is 1.41 bits per heavy atom. The zero-order valence-electron chi connectivity index (χ0n) is 16.5. The second-order valence-electron chi connectivity index (χ2n) is 7.12. The number of nitrogens with one attached hydrogen (secondary N) is 1. The first-order valence-electron chi connectivity index (χ1n) is 9.57. The van der Waals surface area contributed by atoms with E-state index in [-0.39, 0.29) is 17.2 Å². The monoisotopic (exact) mass is 429 g/mol. The molecule has 0 fully saturated rings. The van der Waals surface area contributed by atoms with Crippen LogP contribution in [0, 0.1) is 6.92 Å². The van der Waals surface area contributed by atoms with Gasteiger partial charge in [0.15, 0.2) is 5.16 Å². The molecule has 29 heavy (non-hydrogen) atoms. The van der Waals surface area contributed by atoms with Crippen LogP contribution >= 0.6 is 23.1 Å². The molecule has 1 amide bonds. The van der Waals surface area contributed by atoms with Gasteiger partial charge in [0.1, 0.15) is 10.6 Å². The zero-order valence-corrected chi connectivity index (χ0v) is 18.2. The summed E-state index contributed by atoms with van der Waals surface area (Å²) in [6.45, 7) is 6.02. The van der Waals surface area contributed by atoms with E-state index in [1.807, 2.05) is 13.0 Å². The van der Waals surface area contributed by atoms with Crippen LogP contribution in [-0.2, 0) is 31.2 Å². The van der Waals surface area contributed by atoms with Crippen molar-refractivity contribution >= 4 is 45.0 Å². The standard InChI is InChI=1S/C20H23N5O2S2/c1-4-9-25-19(27)17-13-7-5-6-8-14(13)29-18(17)22-20(25)28-11-16(26)21-15-10-12(2)23-24(15)3/h4,10H,1,5-9,11H2,2-3H3,(H,21,26). The van der Waals surface area contributed by atoms with Gasteiger partial charge in [0.05, 0.1) is 16.8 Å². The lowest BCUT2D eigenvalue weighted by atomic mass is 9.97. The van der Waals surface area contributed by atoms with Gasteiger partial charge < -0.3 is 5.32 Å². The lowest BCUT2D eigenvalue weighted by molar-refractivity contribution is -0.113. The number of carbonyl (C=O) groups excluding carboxylic acids is 1. The van der Waals surface area contributed by atoms with Crippen molar-refractivity contribution in [1.82, 2.24) is 19.3 Å². The Morgan fingerprint density at radius 3 is 2.93 bits per heavy atom. The van der Waals surface area contributed by atoms with Crippen LogP contribution in [0.1, 0.15) is 29.0 Å². The molecule has 0 aliphatic heterocycles. The van der Waals surface area contributed by atoms with Gasteiger partial charge in [-0.15, -0.1) is 17.9 Å². The number of aryl methyl sites for hydroxylation is 4. The molecule has 0 bridgehead atoms. The summed E-state index contributed by atoms with van der Waals surface area (Å²) in [5.41, 5.74) is 1.98. The van der Waals surface area contributed by atoms with Crippen LogP contribution in [-0.4, -0.2) is 31.0 Å². The predicted molar refractivity (Wildman–Crippen MR) is 118 cm³/mol. The van der Waals surface area contributed by atoms with Gasteiger partial charge in [0, 0.05) is 24.5 Å². The second-order valence-corrected chi connectivity index (χ2v) is 9.15. The summed E-state index contributed by atoms with van der Waals surface area (Å²) in [7, 11) is 1.78. The van der Waals surface area contributed by atoms with E-state index in [0.29, 0.717) is 17.5 Å². The van der Waals surface area contributed by atoms with Crippen molar-refractivity contribution in [1.29, 1.82) is 0 Å². The molecule has 7 nitrogen and oxygen atoms in total. The second kappa shape index (κ2) is 8.16. The molecule has 0 atom stereocenters. The van der Waals surface area contributed by atoms with Gasteiger partial charge in [-0.1, -0.05) is 17.8 Å². The number of amides is 1. The van der Waals surface area contributed by atoms with Gasteiger partial charge in [-0.3, -0.25) is 18.8 Å². The SMILES string of the molecule is C=CCn1c(SCC(=O)Nc2cc(C)nn2C)nc2sc3c(c2c1=O)CCCC3. The van der Waals surface area contributed by atoms with Crippen molar-refractivity contribution in [2.24, 2.45) is 7.05 Å². The molecule has 1 aliphatic carbocycles. The van der Waals surface area contributed by atoms with E-state index in [4.69, 9.17) is 4.98 Å². The highest BCUT2D eigenvalue weighted by molar-refractivity contribution is 7.99. The molecule has 4 rings (SSSR count). The molecule has 0 aromatic carbocycles. The summed E-state index contributed by atoms with van der Waals surface area (Å²) in [5.74, 6) is 0.638. The van der Waals surface area contributed by atoms with Gasteiger partial charge >= 0.3 is 0 Å². The number of thioether (sulfide) groups is 1. The van der Waals surface area contributed by atoms with Crippen molar-refractivity contribution in [3.8, 4) is 0 Å². The molecule has 3 aromatic heterocycles. The van der Waals surface area contributed by atoms with E-state index < -0.39 is 0 Å². The van der Waals surface area contributed by atoms with Crippen molar-refractivity contribution in [2.45, 2.75) is 44.3 Å². The van der Waals surface area contributed by atoms with E-state index in [2.05, 4.69) is 17.0 Å². The normalized spacial score (nSPS) is 13.4. The highest BCUT2D eigenvalue weighted by atomic mass is 32.2. The Bertz CT molecular complexity index is 1160. The van der Waals surface area contributed by atoms with E-state index >= 15 is 0 Å². The molecule has 1 N–H and O–H groups in total. The quantitative estimate of drug-likeness (QED) is 0.369. The summed E-state index contributed by atoms with van der Waals surface area (Å²) < 4.78 is 3.26. The third kappa shape index (κ3) is 3.89. The number of thiophene rings is 1. The van der Waals surface area contributed by atoms with Crippen molar-refractivity contribution in [3.05, 3.63) is 45.2 Å². The molecule has 0 radical (unpaired) electrons. The van der Waals surface area contributed by atoms with Gasteiger partial charge in [0.25, 0.3) is 5.56 Å². The fraction of sp³-hybridized carbons (Fsp3) is 0.400. The predicted octanol–water partition coefficient (Wildman–Crippen LogP) is 3.30. The fourth-order valence-corrected chi connectivity index (χ4v) is 5.77. The lowest BCUT2D eigenvalue weighted by Gasteiger charge is -2.12. The van der Waals surface area contributed by atoms with Crippen LogP contribution in [0.15, 0.2) is 28.7 Å². The molecule has 0 spiro atoms. The summed E-state index contributed by atoms with van der Waals surface area (Å²) in [6.07, 6.45) is 5.93. The first-order chi connectivity index (χ1) is 14.0. The third-order valence-corrected chi connectivity index (χ3v) is 7.12. The first kappa shape index (κ1) is 19.9. The zero-order chi connectivity index (χ0) is 20.5. The Morgan fingerprint density at radius 2 is 2.21 bits per heavy atom. The number of allylic oxidation sites excluding steroid dienone is 1. The Balaban J connectivity index is 1.61. The largest absolute Gasteiger partial charge is 0.310 e. The average molecular weight is 430 g/mol. The van der Waals surface area contributed by atoms with Crippen LogP contribution < -0.4 is 10.9 Å². The average Bonchev–Trinajstić information content (AvgIpc) is 3.21. The van der Waals surface area contributed by atoms with E-state index in [9.17, 15) is 9.59 Å². The maximum atomic E-state index is 13.2. The molecule has 9 heteroatoms. The summed E-state index contributed by atoms with van der Waals surface area (Å²) in [6, 6.07) is 1.82. The van der Waals surface area contributed by atoms with Crippen LogP contribution in [0.3, 0.4) is 0 Å². The maximum Gasteiger partial charge on any atom is 0.263 e. The maximum absolute atomic E-state index is 13.2. The van der Waals surface area contributed by atoms with Gasteiger partial charge in [0.2, 0.25) is 5.91 Å². The Kier molecular flexibility index (Phi) is 5.60. The molecule has 0 saturated heterocycles. The minimum atomic E-state index is -0.164. The Hall–Kier alpha value is -2.39. The molecule has 0 saturated carbocycles. The minimum Gasteiger partial charge on any atom is -0.310 e. The molecule has 0 unspecified atom stereocenters. The summed E-state index contributed by atoms with van der Waals surface area (Å²) in [5, 5.41) is 8.39. The molecule has 3 heterocycles. The number of hydrogen-bond donors (Lipinski definition) is 1. The van der Waals surface area contributed by atoms with Crippen molar-refractivity contribution in [3.63, 3.8) is 0 Å². The number of hydrogen-bond acceptors (Lipinski definition) is 6. The van der Waals surface area contributed by atoms with Crippen LogP contribution in [0.5, 0.6) is 0 Å². The highest BCUT2D eigenvalue weighted by Gasteiger charge is 2.22. The Labute approximate surface area is 176 Å². The lowest BCUT2D eigenvalue weighted by Crippen LogP contribution is -2.24. The smallest absolute Gasteiger partial charge is 0.263 e. The first-order valence-corrected chi connectivity index (χ1v) is 11.4. The minimum absolute atomic E-state index is 0.0283. The van der Waals surface area contributed by atoms with Crippen LogP contribution in [0.4, 0.5) is 5.82 Å². The van der Waals surface area contributed by atoms with Crippen molar-refractivity contribution in [2.75, 3.05) is 11.1 Å². The van der Waals surface area contributed by atoms with Crippen LogP contribution in [0.2, 0.25) is 0 Å². The highest BCUT2D eigenvalue weighted by Crippen LogP contribution is 2.34. The van der Waals surface area contributed by atoms with Crippen molar-refractivity contribution < 1.29 is 4.79 Å². The molecular weight excluding hydrogens is 406 g/mol. The molecule has 152 valence electrons. The number of nitrogens with zero attached hydrogens (tertiary/aromatic N) is 4. The number of aromatic nitrogens is 4. The molecule has 1 aliphatic rings.